The second-order valence-electron chi connectivity index (χ2n) is 7.33. The molecule has 0 unspecified atom stereocenters. The lowest BCUT2D eigenvalue weighted by Gasteiger charge is -2.23. The first-order valence-corrected chi connectivity index (χ1v) is 9.53. The van der Waals surface area contributed by atoms with Crippen LogP contribution in [0.25, 0.3) is 11.1 Å². The Hall–Kier alpha value is -2.82. The van der Waals surface area contributed by atoms with E-state index in [1.807, 2.05) is 30.0 Å². The average molecular weight is 381 g/mol. The maximum atomic E-state index is 12.1. The van der Waals surface area contributed by atoms with Crippen LogP contribution in [0, 0.1) is 6.92 Å². The topological polar surface area (TPSA) is 55.8 Å². The van der Waals surface area contributed by atoms with Crippen LogP contribution in [0.15, 0.2) is 36.4 Å². The van der Waals surface area contributed by atoms with E-state index in [0.717, 1.165) is 46.4 Å². The van der Waals surface area contributed by atoms with Crippen molar-refractivity contribution in [3.63, 3.8) is 0 Å². The number of nitrogens with zero attached hydrogens (tertiary/aromatic N) is 1. The zero-order valence-corrected chi connectivity index (χ0v) is 17.0. The molecule has 0 aromatic heterocycles. The van der Waals surface area contributed by atoms with Gasteiger partial charge in [-0.2, -0.15) is 0 Å². The highest BCUT2D eigenvalue weighted by Crippen LogP contribution is 2.36. The van der Waals surface area contributed by atoms with Gasteiger partial charge in [0.1, 0.15) is 5.75 Å². The van der Waals surface area contributed by atoms with Gasteiger partial charge in [0.05, 0.1) is 20.6 Å². The molecule has 0 spiro atoms. The molecule has 5 nitrogen and oxygen atoms in total. The van der Waals surface area contributed by atoms with Gasteiger partial charge >= 0.3 is 5.97 Å². The van der Waals surface area contributed by atoms with E-state index in [1.165, 1.54) is 7.11 Å². The van der Waals surface area contributed by atoms with E-state index >= 15 is 0 Å². The van der Waals surface area contributed by atoms with Crippen LogP contribution < -0.4 is 4.74 Å². The Bertz CT molecular complexity index is 886. The average Bonchev–Trinajstić information content (AvgIpc) is 3.51. The number of aryl methyl sites for hydroxylation is 1. The lowest BCUT2D eigenvalue weighted by atomic mass is 9.94. The van der Waals surface area contributed by atoms with Crippen molar-refractivity contribution in [2.24, 2.45) is 0 Å². The van der Waals surface area contributed by atoms with Gasteiger partial charge in [0.2, 0.25) is 5.91 Å². The minimum atomic E-state index is -0.281. The highest BCUT2D eigenvalue weighted by Gasteiger charge is 2.31. The van der Waals surface area contributed by atoms with Crippen LogP contribution in [0.4, 0.5) is 0 Å². The number of ether oxygens (including phenoxy) is 2. The van der Waals surface area contributed by atoms with Gasteiger partial charge in [-0.1, -0.05) is 29.8 Å². The van der Waals surface area contributed by atoms with E-state index in [0.29, 0.717) is 12.6 Å². The van der Waals surface area contributed by atoms with E-state index in [2.05, 4.69) is 18.2 Å². The molecule has 3 rings (SSSR count). The fourth-order valence-electron chi connectivity index (χ4n) is 3.50. The third kappa shape index (κ3) is 4.53. The smallest absolute Gasteiger partial charge is 0.309 e. The Labute approximate surface area is 166 Å². The molecule has 0 N–H and O–H groups in total. The van der Waals surface area contributed by atoms with E-state index in [4.69, 9.17) is 9.47 Å². The standard InChI is InChI=1S/C23H27NO4/c1-15-5-9-20(18(11-15)14-24(16(2)25)19-7-8-19)21-12-17(13-23(26)28-4)6-10-22(21)27-3/h5-6,9-12,19H,7-8,13-14H2,1-4H3. The molecule has 28 heavy (non-hydrogen) atoms. The van der Waals surface area contributed by atoms with Crippen LogP contribution >= 0.6 is 0 Å². The summed E-state index contributed by atoms with van der Waals surface area (Å²) >= 11 is 0. The van der Waals surface area contributed by atoms with E-state index in [9.17, 15) is 9.59 Å². The first-order valence-electron chi connectivity index (χ1n) is 9.53. The first-order chi connectivity index (χ1) is 13.4. The molecular formula is C23H27NO4. The molecule has 1 amide bonds. The van der Waals surface area contributed by atoms with Crippen molar-refractivity contribution >= 4 is 11.9 Å². The fourth-order valence-corrected chi connectivity index (χ4v) is 3.50. The third-order valence-corrected chi connectivity index (χ3v) is 5.12. The molecule has 2 aromatic rings. The van der Waals surface area contributed by atoms with Crippen molar-refractivity contribution in [2.75, 3.05) is 14.2 Å². The number of methoxy groups -OCH3 is 2. The summed E-state index contributed by atoms with van der Waals surface area (Å²) in [6, 6.07) is 12.3. The van der Waals surface area contributed by atoms with E-state index in [1.54, 1.807) is 14.0 Å². The summed E-state index contributed by atoms with van der Waals surface area (Å²) in [5, 5.41) is 0. The van der Waals surface area contributed by atoms with Crippen LogP contribution in [0.5, 0.6) is 5.75 Å². The zero-order chi connectivity index (χ0) is 20.3. The number of carbonyl (C=O) groups excluding carboxylic acids is 2. The summed E-state index contributed by atoms with van der Waals surface area (Å²) < 4.78 is 10.4. The van der Waals surface area contributed by atoms with Crippen LogP contribution in [0.1, 0.15) is 36.5 Å². The second kappa shape index (κ2) is 8.46. The van der Waals surface area contributed by atoms with Gasteiger partial charge in [-0.25, -0.2) is 0 Å². The minimum Gasteiger partial charge on any atom is -0.496 e. The summed E-state index contributed by atoms with van der Waals surface area (Å²) in [6.07, 6.45) is 2.34. The maximum Gasteiger partial charge on any atom is 0.309 e. The lowest BCUT2D eigenvalue weighted by Crippen LogP contribution is -2.30. The van der Waals surface area contributed by atoms with Crippen LogP contribution in [-0.4, -0.2) is 37.0 Å². The molecule has 1 saturated carbocycles. The van der Waals surface area contributed by atoms with Crippen LogP contribution in [0.3, 0.4) is 0 Å². The Morgan fingerprint density at radius 1 is 1.07 bits per heavy atom. The van der Waals surface area contributed by atoms with E-state index < -0.39 is 0 Å². The Morgan fingerprint density at radius 2 is 1.82 bits per heavy atom. The molecule has 0 atom stereocenters. The number of hydrogen-bond donors (Lipinski definition) is 0. The quantitative estimate of drug-likeness (QED) is 0.683. The van der Waals surface area contributed by atoms with Crippen molar-refractivity contribution in [1.29, 1.82) is 0 Å². The molecule has 0 saturated heterocycles. The van der Waals surface area contributed by atoms with E-state index in [-0.39, 0.29) is 18.3 Å². The molecule has 2 aromatic carbocycles. The van der Waals surface area contributed by atoms with Gasteiger partial charge in [0.15, 0.2) is 0 Å². The van der Waals surface area contributed by atoms with Gasteiger partial charge in [-0.05, 0) is 48.6 Å². The molecular weight excluding hydrogens is 354 g/mol. The van der Waals surface area contributed by atoms with Crippen molar-refractivity contribution in [3.05, 3.63) is 53.1 Å². The summed E-state index contributed by atoms with van der Waals surface area (Å²) in [6.45, 7) is 4.25. The predicted molar refractivity (Wildman–Crippen MR) is 108 cm³/mol. The SMILES string of the molecule is COC(=O)Cc1ccc(OC)c(-c2ccc(C)cc2CN(C(C)=O)C2CC2)c1. The fraction of sp³-hybridized carbons (Fsp3) is 0.391. The van der Waals surface area contributed by atoms with Crippen molar-refractivity contribution in [2.45, 2.75) is 45.7 Å². The van der Waals surface area contributed by atoms with Gasteiger partial charge in [-0.15, -0.1) is 0 Å². The summed E-state index contributed by atoms with van der Waals surface area (Å²) in [7, 11) is 3.03. The van der Waals surface area contributed by atoms with Crippen molar-refractivity contribution in [1.82, 2.24) is 4.90 Å². The molecule has 0 heterocycles. The summed E-state index contributed by atoms with van der Waals surface area (Å²) in [5.41, 5.74) is 5.01. The van der Waals surface area contributed by atoms with Gasteiger partial charge in [-0.3, -0.25) is 9.59 Å². The number of esters is 1. The minimum absolute atomic E-state index is 0.0985. The summed E-state index contributed by atoms with van der Waals surface area (Å²) in [4.78, 5) is 25.8. The monoisotopic (exact) mass is 381 g/mol. The number of rotatable bonds is 7. The Balaban J connectivity index is 2.03. The van der Waals surface area contributed by atoms with Gasteiger partial charge in [0.25, 0.3) is 0 Å². The number of benzene rings is 2. The van der Waals surface area contributed by atoms with Gasteiger partial charge < -0.3 is 14.4 Å². The largest absolute Gasteiger partial charge is 0.496 e. The molecule has 5 heteroatoms. The van der Waals surface area contributed by atoms with Crippen molar-refractivity contribution in [3.8, 4) is 16.9 Å². The van der Waals surface area contributed by atoms with Crippen LogP contribution in [0.2, 0.25) is 0 Å². The zero-order valence-electron chi connectivity index (χ0n) is 17.0. The molecule has 1 fully saturated rings. The molecule has 148 valence electrons. The Kier molecular flexibility index (Phi) is 6.02. The highest BCUT2D eigenvalue weighted by molar-refractivity contribution is 5.78. The highest BCUT2D eigenvalue weighted by atomic mass is 16.5. The molecule has 1 aliphatic carbocycles. The predicted octanol–water partition coefficient (Wildman–Crippen LogP) is 3.90. The molecule has 1 aliphatic rings. The Morgan fingerprint density at radius 3 is 2.43 bits per heavy atom. The normalized spacial score (nSPS) is 13.1. The number of hydrogen-bond acceptors (Lipinski definition) is 4. The number of amides is 1. The first kappa shape index (κ1) is 19.9. The number of carbonyl (C=O) groups is 2. The molecule has 0 bridgehead atoms. The third-order valence-electron chi connectivity index (χ3n) is 5.12. The van der Waals surface area contributed by atoms with Gasteiger partial charge in [0, 0.05) is 25.1 Å². The van der Waals surface area contributed by atoms with Crippen molar-refractivity contribution < 1.29 is 19.1 Å². The lowest BCUT2D eigenvalue weighted by molar-refractivity contribution is -0.139. The maximum absolute atomic E-state index is 12.1. The second-order valence-corrected chi connectivity index (χ2v) is 7.33. The molecule has 0 radical (unpaired) electrons. The molecule has 0 aliphatic heterocycles. The summed E-state index contributed by atoms with van der Waals surface area (Å²) in [5.74, 6) is 0.553. The van der Waals surface area contributed by atoms with Crippen LogP contribution in [-0.2, 0) is 27.3 Å².